The maximum atomic E-state index is 2.57. The molecule has 6 aromatic carbocycles. The molecule has 0 saturated heterocycles. The number of para-hydroxylation sites is 1. The van der Waals surface area contributed by atoms with Gasteiger partial charge in [0, 0.05) is 39.2 Å². The Morgan fingerprint density at radius 2 is 1.09 bits per heavy atom. The molecule has 220 valence electrons. The van der Waals surface area contributed by atoms with Crippen LogP contribution in [0, 0.1) is 0 Å². The van der Waals surface area contributed by atoms with E-state index in [2.05, 4.69) is 158 Å². The molecular formula is C43H38N2. The molecule has 45 heavy (non-hydrogen) atoms. The molecule has 0 unspecified atom stereocenters. The maximum absolute atomic E-state index is 2.57. The van der Waals surface area contributed by atoms with E-state index in [0.717, 1.165) is 6.54 Å². The quantitative estimate of drug-likeness (QED) is 0.196. The first-order chi connectivity index (χ1) is 21.8. The topological polar surface area (TPSA) is 9.86 Å². The monoisotopic (exact) mass is 582 g/mol. The Morgan fingerprint density at radius 1 is 0.511 bits per heavy atom. The summed E-state index contributed by atoms with van der Waals surface area (Å²) in [5.74, 6) is 0. The van der Waals surface area contributed by atoms with Gasteiger partial charge in [-0.1, -0.05) is 113 Å². The highest BCUT2D eigenvalue weighted by Gasteiger charge is 2.38. The van der Waals surface area contributed by atoms with Crippen molar-refractivity contribution in [3.63, 3.8) is 0 Å². The molecule has 2 nitrogen and oxygen atoms in total. The van der Waals surface area contributed by atoms with Crippen LogP contribution in [0.4, 0.5) is 0 Å². The molecule has 2 heterocycles. The van der Waals surface area contributed by atoms with E-state index >= 15 is 0 Å². The summed E-state index contributed by atoms with van der Waals surface area (Å²) in [6, 6.07) is 45.4. The molecule has 0 spiro atoms. The van der Waals surface area contributed by atoms with Gasteiger partial charge in [-0.2, -0.15) is 0 Å². The minimum Gasteiger partial charge on any atom is -0.335 e. The Labute approximate surface area is 264 Å². The summed E-state index contributed by atoms with van der Waals surface area (Å²) >= 11 is 0. The number of aromatic nitrogens is 2. The molecule has 0 saturated carbocycles. The SMILES string of the molecule is CC1(C)CCC(C)(C)c2cc3c(cc21)c1cc2c(cc1n3-c1ccccc1)c1ccc3ccccc3c1n2Cc1ccccc1. The zero-order chi connectivity index (χ0) is 30.5. The van der Waals surface area contributed by atoms with E-state index in [1.807, 2.05) is 0 Å². The lowest BCUT2D eigenvalue weighted by Gasteiger charge is -2.42. The predicted octanol–water partition coefficient (Wildman–Crippen LogP) is 11.4. The molecule has 9 rings (SSSR count). The fourth-order valence-electron chi connectivity index (χ4n) is 8.22. The van der Waals surface area contributed by atoms with Gasteiger partial charge in [-0.05, 0) is 82.1 Å². The van der Waals surface area contributed by atoms with Crippen molar-refractivity contribution in [3.8, 4) is 5.69 Å². The molecule has 0 aliphatic heterocycles. The molecule has 2 aromatic heterocycles. The van der Waals surface area contributed by atoms with Gasteiger partial charge in [-0.15, -0.1) is 0 Å². The van der Waals surface area contributed by atoms with Crippen LogP contribution >= 0.6 is 0 Å². The van der Waals surface area contributed by atoms with E-state index in [-0.39, 0.29) is 10.8 Å². The van der Waals surface area contributed by atoms with Gasteiger partial charge in [0.15, 0.2) is 0 Å². The molecule has 1 aliphatic rings. The molecule has 8 aromatic rings. The first-order valence-corrected chi connectivity index (χ1v) is 16.4. The Bertz CT molecular complexity index is 2440. The van der Waals surface area contributed by atoms with Gasteiger partial charge in [-0.25, -0.2) is 0 Å². The normalized spacial score (nSPS) is 15.8. The van der Waals surface area contributed by atoms with Crippen LogP contribution < -0.4 is 0 Å². The fraction of sp³-hybridized carbons (Fsp3) is 0.209. The second kappa shape index (κ2) is 9.34. The average molecular weight is 583 g/mol. The van der Waals surface area contributed by atoms with Gasteiger partial charge in [0.1, 0.15) is 0 Å². The van der Waals surface area contributed by atoms with E-state index in [0.29, 0.717) is 0 Å². The lowest BCUT2D eigenvalue weighted by atomic mass is 9.63. The summed E-state index contributed by atoms with van der Waals surface area (Å²) in [4.78, 5) is 0. The number of fused-ring (bicyclic) bond motifs is 9. The standard InChI is InChI=1S/C43H38N2/c1-42(2)21-22-43(3,4)37-26-40-33(23-36(37)42)35-24-38-34(25-39(35)45(40)30-16-9-6-10-17-30)32-20-19-29-15-11-12-18-31(29)41(32)44(38)27-28-13-7-5-8-14-28/h5-20,23-26H,21-22,27H2,1-4H3. The van der Waals surface area contributed by atoms with Crippen LogP contribution in [0.3, 0.4) is 0 Å². The van der Waals surface area contributed by atoms with Gasteiger partial charge >= 0.3 is 0 Å². The highest BCUT2D eigenvalue weighted by molar-refractivity contribution is 6.22. The van der Waals surface area contributed by atoms with Crippen molar-refractivity contribution in [2.75, 3.05) is 0 Å². The molecule has 0 amide bonds. The molecule has 0 radical (unpaired) electrons. The second-order valence-corrected chi connectivity index (χ2v) is 14.5. The van der Waals surface area contributed by atoms with E-state index in [1.54, 1.807) is 0 Å². The average Bonchev–Trinajstić information content (AvgIpc) is 3.54. The van der Waals surface area contributed by atoms with Crippen LogP contribution in [0.15, 0.2) is 121 Å². The minimum absolute atomic E-state index is 0.144. The van der Waals surface area contributed by atoms with E-state index < -0.39 is 0 Å². The van der Waals surface area contributed by atoms with Crippen LogP contribution in [0.25, 0.3) is 60.1 Å². The number of nitrogens with zero attached hydrogens (tertiary/aromatic N) is 2. The predicted molar refractivity (Wildman–Crippen MR) is 192 cm³/mol. The van der Waals surface area contributed by atoms with E-state index in [9.17, 15) is 0 Å². The Hall–Kier alpha value is -4.82. The number of rotatable bonds is 3. The van der Waals surface area contributed by atoms with Crippen molar-refractivity contribution in [2.24, 2.45) is 0 Å². The molecular weight excluding hydrogens is 544 g/mol. The lowest BCUT2D eigenvalue weighted by molar-refractivity contribution is 0.332. The molecule has 0 atom stereocenters. The molecule has 0 N–H and O–H groups in total. The number of hydrogen-bond acceptors (Lipinski definition) is 0. The first-order valence-electron chi connectivity index (χ1n) is 16.4. The van der Waals surface area contributed by atoms with Gasteiger partial charge < -0.3 is 9.13 Å². The zero-order valence-corrected chi connectivity index (χ0v) is 26.6. The summed E-state index contributed by atoms with van der Waals surface area (Å²) in [6.07, 6.45) is 2.41. The van der Waals surface area contributed by atoms with Crippen LogP contribution in [0.2, 0.25) is 0 Å². The third-order valence-corrected chi connectivity index (χ3v) is 10.8. The van der Waals surface area contributed by atoms with Crippen molar-refractivity contribution in [1.82, 2.24) is 9.13 Å². The van der Waals surface area contributed by atoms with Crippen LogP contribution in [0.1, 0.15) is 57.2 Å². The van der Waals surface area contributed by atoms with Crippen molar-refractivity contribution in [1.29, 1.82) is 0 Å². The highest BCUT2D eigenvalue weighted by atomic mass is 15.0. The summed E-state index contributed by atoms with van der Waals surface area (Å²) in [5.41, 5.74) is 11.0. The molecule has 0 bridgehead atoms. The van der Waals surface area contributed by atoms with Gasteiger partial charge in [0.05, 0.1) is 22.1 Å². The third-order valence-electron chi connectivity index (χ3n) is 10.8. The summed E-state index contributed by atoms with van der Waals surface area (Å²) in [7, 11) is 0. The Morgan fingerprint density at radius 3 is 1.84 bits per heavy atom. The van der Waals surface area contributed by atoms with Crippen molar-refractivity contribution in [3.05, 3.63) is 138 Å². The van der Waals surface area contributed by atoms with Crippen molar-refractivity contribution < 1.29 is 0 Å². The Balaban J connectivity index is 1.46. The second-order valence-electron chi connectivity index (χ2n) is 14.5. The van der Waals surface area contributed by atoms with Gasteiger partial charge in [0.25, 0.3) is 0 Å². The fourth-order valence-corrected chi connectivity index (χ4v) is 8.22. The zero-order valence-electron chi connectivity index (χ0n) is 26.6. The maximum Gasteiger partial charge on any atom is 0.0574 e. The Kier molecular flexibility index (Phi) is 5.52. The van der Waals surface area contributed by atoms with Crippen LogP contribution in [-0.2, 0) is 17.4 Å². The van der Waals surface area contributed by atoms with Crippen LogP contribution in [0.5, 0.6) is 0 Å². The van der Waals surface area contributed by atoms with Gasteiger partial charge in [0.2, 0.25) is 0 Å². The smallest absolute Gasteiger partial charge is 0.0574 e. The highest BCUT2D eigenvalue weighted by Crippen LogP contribution is 2.49. The summed E-state index contributed by atoms with van der Waals surface area (Å²) in [5, 5.41) is 7.88. The van der Waals surface area contributed by atoms with E-state index in [4.69, 9.17) is 0 Å². The van der Waals surface area contributed by atoms with Crippen LogP contribution in [-0.4, -0.2) is 9.13 Å². The number of benzene rings is 6. The molecule has 0 fully saturated rings. The number of hydrogen-bond donors (Lipinski definition) is 0. The summed E-state index contributed by atoms with van der Waals surface area (Å²) in [6.45, 7) is 10.6. The molecule has 1 aliphatic carbocycles. The van der Waals surface area contributed by atoms with Gasteiger partial charge in [-0.3, -0.25) is 0 Å². The largest absolute Gasteiger partial charge is 0.335 e. The minimum atomic E-state index is 0.144. The third kappa shape index (κ3) is 3.88. The van der Waals surface area contributed by atoms with Crippen molar-refractivity contribution >= 4 is 54.4 Å². The first kappa shape index (κ1) is 26.6. The van der Waals surface area contributed by atoms with E-state index in [1.165, 1.54) is 89.6 Å². The lowest BCUT2D eigenvalue weighted by Crippen LogP contribution is -2.33. The molecule has 2 heteroatoms. The summed E-state index contributed by atoms with van der Waals surface area (Å²) < 4.78 is 5.09. The van der Waals surface area contributed by atoms with Crippen molar-refractivity contribution in [2.45, 2.75) is 57.9 Å².